The Morgan fingerprint density at radius 1 is 1.24 bits per heavy atom. The number of rotatable bonds is 5. The maximum Gasteiger partial charge on any atom is 0.126 e. The van der Waals surface area contributed by atoms with Gasteiger partial charge in [0.15, 0.2) is 0 Å². The Morgan fingerprint density at radius 2 is 2.10 bits per heavy atom. The lowest BCUT2D eigenvalue weighted by Crippen LogP contribution is -2.07. The van der Waals surface area contributed by atoms with E-state index in [4.69, 9.17) is 4.74 Å². The molecule has 0 bridgehead atoms. The first-order valence-electron chi connectivity index (χ1n) is 7.54. The average Bonchev–Trinajstić information content (AvgIpc) is 2.90. The summed E-state index contributed by atoms with van der Waals surface area (Å²) in [7, 11) is 0. The molecule has 0 aromatic heterocycles. The summed E-state index contributed by atoms with van der Waals surface area (Å²) in [5.74, 6) is 0.788. The van der Waals surface area contributed by atoms with E-state index in [2.05, 4.69) is 12.2 Å². The van der Waals surface area contributed by atoms with E-state index in [0.29, 0.717) is 0 Å². The van der Waals surface area contributed by atoms with Crippen LogP contribution in [-0.4, -0.2) is 6.61 Å². The lowest BCUT2D eigenvalue weighted by Gasteiger charge is -2.16. The van der Waals surface area contributed by atoms with Crippen molar-refractivity contribution in [3.63, 3.8) is 0 Å². The maximum absolute atomic E-state index is 13.8. The average molecular weight is 285 g/mol. The van der Waals surface area contributed by atoms with Gasteiger partial charge >= 0.3 is 0 Å². The van der Waals surface area contributed by atoms with Crippen molar-refractivity contribution in [1.82, 2.24) is 0 Å². The summed E-state index contributed by atoms with van der Waals surface area (Å²) < 4.78 is 19.4. The van der Waals surface area contributed by atoms with Crippen LogP contribution in [0.5, 0.6) is 5.75 Å². The molecule has 3 heteroatoms. The van der Waals surface area contributed by atoms with Crippen LogP contribution in [0.15, 0.2) is 42.5 Å². The zero-order valence-electron chi connectivity index (χ0n) is 12.2. The van der Waals surface area contributed by atoms with Crippen LogP contribution in [0, 0.1) is 5.82 Å². The molecule has 0 heterocycles. The van der Waals surface area contributed by atoms with E-state index in [9.17, 15) is 4.39 Å². The fraction of sp³-hybridized carbons (Fsp3) is 0.333. The van der Waals surface area contributed by atoms with Gasteiger partial charge in [0.25, 0.3) is 0 Å². The minimum atomic E-state index is -0.0863. The van der Waals surface area contributed by atoms with Crippen molar-refractivity contribution in [2.24, 2.45) is 0 Å². The van der Waals surface area contributed by atoms with Crippen LogP contribution in [0.3, 0.4) is 0 Å². The van der Waals surface area contributed by atoms with Gasteiger partial charge in [-0.05, 0) is 48.6 Å². The molecule has 0 saturated carbocycles. The molecule has 0 amide bonds. The van der Waals surface area contributed by atoms with Gasteiger partial charge in [-0.3, -0.25) is 0 Å². The number of fused-ring (bicyclic) bond motifs is 1. The molecule has 1 N–H and O–H groups in total. The van der Waals surface area contributed by atoms with E-state index in [1.54, 1.807) is 12.1 Å². The highest BCUT2D eigenvalue weighted by Gasteiger charge is 2.24. The molecular weight excluding hydrogens is 265 g/mol. The van der Waals surface area contributed by atoms with Crippen LogP contribution in [-0.2, 0) is 6.42 Å². The zero-order valence-corrected chi connectivity index (χ0v) is 12.2. The first-order chi connectivity index (χ1) is 10.3. The molecule has 1 aliphatic rings. The van der Waals surface area contributed by atoms with Crippen LogP contribution in [0.2, 0.25) is 0 Å². The van der Waals surface area contributed by atoms with Crippen molar-refractivity contribution in [3.8, 4) is 5.75 Å². The summed E-state index contributed by atoms with van der Waals surface area (Å²) in [5, 5.41) is 3.49. The molecule has 3 rings (SSSR count). The fourth-order valence-electron chi connectivity index (χ4n) is 2.86. The van der Waals surface area contributed by atoms with Gasteiger partial charge in [0.1, 0.15) is 11.6 Å². The molecule has 21 heavy (non-hydrogen) atoms. The van der Waals surface area contributed by atoms with Gasteiger partial charge in [0, 0.05) is 11.8 Å². The lowest BCUT2D eigenvalue weighted by molar-refractivity contribution is 0.317. The van der Waals surface area contributed by atoms with Gasteiger partial charge in [-0.1, -0.05) is 25.1 Å². The molecule has 2 aromatic rings. The third-order valence-electron chi connectivity index (χ3n) is 3.86. The summed E-state index contributed by atoms with van der Waals surface area (Å²) in [6.07, 6.45) is 2.72. The molecule has 1 atom stereocenters. The summed E-state index contributed by atoms with van der Waals surface area (Å²) >= 11 is 0. The number of anilines is 1. The predicted octanol–water partition coefficient (Wildman–Crippen LogP) is 4.71. The summed E-state index contributed by atoms with van der Waals surface area (Å²) in [6, 6.07) is 13.5. The summed E-state index contributed by atoms with van der Waals surface area (Å²) in [4.78, 5) is 0. The van der Waals surface area contributed by atoms with Crippen molar-refractivity contribution in [2.75, 3.05) is 11.9 Å². The van der Waals surface area contributed by atoms with Crippen molar-refractivity contribution >= 4 is 5.69 Å². The zero-order chi connectivity index (χ0) is 14.7. The predicted molar refractivity (Wildman–Crippen MR) is 83.3 cm³/mol. The third-order valence-corrected chi connectivity index (χ3v) is 3.86. The number of benzene rings is 2. The SMILES string of the molecule is CCCOc1cccc(NC2CCc3c(F)cccc32)c1. The van der Waals surface area contributed by atoms with Gasteiger partial charge < -0.3 is 10.1 Å². The Hall–Kier alpha value is -2.03. The Labute approximate surface area is 125 Å². The first-order valence-corrected chi connectivity index (χ1v) is 7.54. The van der Waals surface area contributed by atoms with Crippen LogP contribution < -0.4 is 10.1 Å². The second-order valence-electron chi connectivity index (χ2n) is 5.42. The quantitative estimate of drug-likeness (QED) is 0.858. The molecule has 2 nitrogen and oxygen atoms in total. The van der Waals surface area contributed by atoms with E-state index in [1.807, 2.05) is 30.3 Å². The molecule has 2 aromatic carbocycles. The largest absolute Gasteiger partial charge is 0.494 e. The molecule has 0 aliphatic heterocycles. The summed E-state index contributed by atoms with van der Waals surface area (Å²) in [5.41, 5.74) is 2.95. The van der Waals surface area contributed by atoms with Crippen LogP contribution in [0.25, 0.3) is 0 Å². The molecule has 0 fully saturated rings. The van der Waals surface area contributed by atoms with Crippen LogP contribution >= 0.6 is 0 Å². The van der Waals surface area contributed by atoms with E-state index in [0.717, 1.165) is 48.4 Å². The van der Waals surface area contributed by atoms with Gasteiger partial charge in [-0.2, -0.15) is 0 Å². The standard InChI is InChI=1S/C18H20FNO/c1-2-11-21-14-6-3-5-13(12-14)20-18-10-9-15-16(18)7-4-8-17(15)19/h3-8,12,18,20H,2,9-11H2,1H3. The molecular formula is C18H20FNO. The highest BCUT2D eigenvalue weighted by Crippen LogP contribution is 2.35. The third kappa shape index (κ3) is 3.02. The van der Waals surface area contributed by atoms with Crippen molar-refractivity contribution < 1.29 is 9.13 Å². The number of hydrogen-bond donors (Lipinski definition) is 1. The number of halogens is 1. The monoisotopic (exact) mass is 285 g/mol. The topological polar surface area (TPSA) is 21.3 Å². The molecule has 1 unspecified atom stereocenters. The lowest BCUT2D eigenvalue weighted by atomic mass is 10.1. The van der Waals surface area contributed by atoms with Crippen molar-refractivity contribution in [3.05, 3.63) is 59.4 Å². The van der Waals surface area contributed by atoms with E-state index in [-0.39, 0.29) is 11.9 Å². The van der Waals surface area contributed by atoms with E-state index < -0.39 is 0 Å². The molecule has 110 valence electrons. The Morgan fingerprint density at radius 3 is 2.95 bits per heavy atom. The van der Waals surface area contributed by atoms with Gasteiger partial charge in [-0.15, -0.1) is 0 Å². The first kappa shape index (κ1) is 13.9. The minimum absolute atomic E-state index is 0.0863. The van der Waals surface area contributed by atoms with E-state index >= 15 is 0 Å². The Bertz CT molecular complexity index is 626. The Kier molecular flexibility index (Phi) is 4.09. The highest BCUT2D eigenvalue weighted by atomic mass is 19.1. The minimum Gasteiger partial charge on any atom is -0.494 e. The molecule has 0 spiro atoms. The van der Waals surface area contributed by atoms with Gasteiger partial charge in [-0.25, -0.2) is 4.39 Å². The normalized spacial score (nSPS) is 16.6. The summed E-state index contributed by atoms with van der Waals surface area (Å²) in [6.45, 7) is 2.81. The molecule has 0 saturated heterocycles. The van der Waals surface area contributed by atoms with Crippen LogP contribution in [0.1, 0.15) is 36.9 Å². The number of ether oxygens (including phenoxy) is 1. The number of nitrogens with one attached hydrogen (secondary N) is 1. The van der Waals surface area contributed by atoms with Crippen molar-refractivity contribution in [2.45, 2.75) is 32.2 Å². The second-order valence-corrected chi connectivity index (χ2v) is 5.42. The van der Waals surface area contributed by atoms with Gasteiger partial charge in [0.2, 0.25) is 0 Å². The number of hydrogen-bond acceptors (Lipinski definition) is 2. The second kappa shape index (κ2) is 6.17. The van der Waals surface area contributed by atoms with Crippen LogP contribution in [0.4, 0.5) is 10.1 Å². The van der Waals surface area contributed by atoms with Crippen molar-refractivity contribution in [1.29, 1.82) is 0 Å². The highest BCUT2D eigenvalue weighted by molar-refractivity contribution is 5.51. The smallest absolute Gasteiger partial charge is 0.126 e. The fourth-order valence-corrected chi connectivity index (χ4v) is 2.86. The maximum atomic E-state index is 13.8. The molecule has 1 aliphatic carbocycles. The van der Waals surface area contributed by atoms with E-state index in [1.165, 1.54) is 0 Å². The van der Waals surface area contributed by atoms with Gasteiger partial charge in [0.05, 0.1) is 12.6 Å². The molecule has 0 radical (unpaired) electrons. The Balaban J connectivity index is 1.75.